The van der Waals surface area contributed by atoms with Gasteiger partial charge < -0.3 is 14.7 Å². The van der Waals surface area contributed by atoms with E-state index in [0.29, 0.717) is 52.0 Å². The van der Waals surface area contributed by atoms with Crippen LogP contribution in [0.2, 0.25) is 0 Å². The normalized spacial score (nSPS) is 21.0. The van der Waals surface area contributed by atoms with Crippen molar-refractivity contribution in [3.63, 3.8) is 0 Å². The third-order valence-electron chi connectivity index (χ3n) is 9.56. The van der Waals surface area contributed by atoms with Crippen molar-refractivity contribution in [1.29, 1.82) is 0 Å². The number of fused-ring (bicyclic) bond motifs is 2. The number of aromatic hydroxyl groups is 1. The van der Waals surface area contributed by atoms with Crippen molar-refractivity contribution in [3.05, 3.63) is 47.7 Å². The molecule has 44 heavy (non-hydrogen) atoms. The lowest BCUT2D eigenvalue weighted by Gasteiger charge is -2.35. The predicted octanol–water partition coefficient (Wildman–Crippen LogP) is 7.66. The fourth-order valence-electron chi connectivity index (χ4n) is 7.12. The van der Waals surface area contributed by atoms with Crippen LogP contribution in [0.5, 0.6) is 11.8 Å². The molecule has 2 unspecified atom stereocenters. The summed E-state index contributed by atoms with van der Waals surface area (Å²) < 4.78 is 38.0. The number of phenols is 1. The van der Waals surface area contributed by atoms with E-state index < -0.39 is 5.82 Å². The molecule has 0 amide bonds. The van der Waals surface area contributed by atoms with Crippen molar-refractivity contribution >= 4 is 27.5 Å². The smallest absolute Gasteiger partial charge is 0.319 e. The van der Waals surface area contributed by atoms with Crippen LogP contribution in [-0.4, -0.2) is 63.3 Å². The number of likely N-dealkylation sites (tertiary alicyclic amines) is 1. The summed E-state index contributed by atoms with van der Waals surface area (Å²) in [5.41, 5.74) is 0.755. The highest BCUT2D eigenvalue weighted by atomic mass is 19.1. The van der Waals surface area contributed by atoms with Gasteiger partial charge in [-0.15, -0.1) is 0 Å². The Bertz CT molecular complexity index is 1680. The van der Waals surface area contributed by atoms with Crippen LogP contribution in [0.1, 0.15) is 71.8 Å². The second-order valence-corrected chi connectivity index (χ2v) is 12.9. The number of benzene rings is 2. The minimum absolute atomic E-state index is 0.00908. The lowest BCUT2D eigenvalue weighted by molar-refractivity contribution is 0.0851. The van der Waals surface area contributed by atoms with E-state index in [0.717, 1.165) is 64.7 Å². The highest BCUT2D eigenvalue weighted by Gasteiger charge is 2.37. The monoisotopic (exact) mass is 603 g/mol. The van der Waals surface area contributed by atoms with Gasteiger partial charge in [-0.1, -0.05) is 33.3 Å². The second kappa shape index (κ2) is 12.4. The lowest BCUT2D eigenvalue weighted by atomic mass is 9.94. The Labute approximate surface area is 258 Å². The molecule has 2 saturated heterocycles. The maximum atomic E-state index is 16.8. The molecule has 2 aliphatic heterocycles. The molecule has 0 spiro atoms. The van der Waals surface area contributed by atoms with E-state index in [9.17, 15) is 9.50 Å². The van der Waals surface area contributed by atoms with Gasteiger partial charge in [-0.25, -0.2) is 8.78 Å². The highest BCUT2D eigenvalue weighted by molar-refractivity contribution is 6.01. The van der Waals surface area contributed by atoms with E-state index in [1.54, 1.807) is 18.3 Å². The molecule has 2 aromatic heterocycles. The lowest BCUT2D eigenvalue weighted by Crippen LogP contribution is -2.46. The Hall–Kier alpha value is -3.59. The van der Waals surface area contributed by atoms with Crippen LogP contribution in [0.25, 0.3) is 32.9 Å². The molecule has 234 valence electrons. The summed E-state index contributed by atoms with van der Waals surface area (Å²) in [7, 11) is 0. The van der Waals surface area contributed by atoms with Gasteiger partial charge in [0.25, 0.3) is 0 Å². The molecule has 7 nitrogen and oxygen atoms in total. The van der Waals surface area contributed by atoms with Gasteiger partial charge in [0.05, 0.1) is 10.9 Å². The Morgan fingerprint density at radius 2 is 1.95 bits per heavy atom. The molecule has 1 N–H and O–H groups in total. The predicted molar refractivity (Wildman–Crippen MR) is 171 cm³/mol. The first-order chi connectivity index (χ1) is 21.2. The summed E-state index contributed by atoms with van der Waals surface area (Å²) in [6.07, 6.45) is 8.56. The van der Waals surface area contributed by atoms with Gasteiger partial charge in [-0.05, 0) is 99.0 Å². The minimum atomic E-state index is -0.643. The van der Waals surface area contributed by atoms with Crippen molar-refractivity contribution in [2.24, 2.45) is 5.92 Å². The molecule has 2 aromatic carbocycles. The van der Waals surface area contributed by atoms with E-state index >= 15 is 4.39 Å². The number of hydrogen-bond donors (Lipinski definition) is 1. The number of ether oxygens (including phenoxy) is 1. The fraction of sp³-hybridized carbons (Fsp3) is 0.514. The Morgan fingerprint density at radius 3 is 2.73 bits per heavy atom. The van der Waals surface area contributed by atoms with Crippen LogP contribution in [-0.2, 0) is 6.42 Å². The van der Waals surface area contributed by atoms with Gasteiger partial charge in [0.15, 0.2) is 5.82 Å². The average molecular weight is 604 g/mol. The number of aryl methyl sites for hydroxylation is 1. The molecule has 2 fully saturated rings. The number of phenolic OH excluding ortho intramolecular Hbond substituents is 1. The number of rotatable bonds is 9. The Morgan fingerprint density at radius 1 is 1.11 bits per heavy atom. The maximum Gasteiger partial charge on any atom is 0.319 e. The summed E-state index contributed by atoms with van der Waals surface area (Å²) in [6, 6.07) is 6.14. The highest BCUT2D eigenvalue weighted by Crippen LogP contribution is 2.39. The molecule has 0 bridgehead atoms. The van der Waals surface area contributed by atoms with Gasteiger partial charge in [0.2, 0.25) is 0 Å². The first kappa shape index (κ1) is 30.4. The average Bonchev–Trinajstić information content (AvgIpc) is 3.38. The molecular formula is C35H43F2N5O2. The van der Waals surface area contributed by atoms with Crippen molar-refractivity contribution in [2.75, 3.05) is 37.7 Å². The van der Waals surface area contributed by atoms with E-state index in [-0.39, 0.29) is 34.3 Å². The molecule has 9 heteroatoms. The summed E-state index contributed by atoms with van der Waals surface area (Å²) >= 11 is 0. The third kappa shape index (κ3) is 5.67. The molecular weight excluding hydrogens is 560 g/mol. The number of halogens is 2. The number of piperidine rings is 1. The van der Waals surface area contributed by atoms with E-state index in [4.69, 9.17) is 9.72 Å². The molecule has 0 aliphatic carbocycles. The van der Waals surface area contributed by atoms with Crippen molar-refractivity contribution in [3.8, 4) is 23.0 Å². The second-order valence-electron chi connectivity index (χ2n) is 12.9. The van der Waals surface area contributed by atoms with Gasteiger partial charge in [0.1, 0.15) is 35.2 Å². The standard InChI is InChI=1S/C35H43F2N5O2/c1-5-7-15-42-16-9-13-35(42,4)21-44-34-39-32-27(33(40-34)41-14-8-10-22(3)20-41)19-38-31(30(32)37)26-18-24(43)17-23-11-12-28(36)25(6-2)29(23)26/h11-12,17-19,22,43H,5-10,13-16,20-21H2,1-4H3. The number of hydrogen-bond acceptors (Lipinski definition) is 7. The maximum absolute atomic E-state index is 16.8. The first-order valence-electron chi connectivity index (χ1n) is 16.2. The molecule has 0 saturated carbocycles. The van der Waals surface area contributed by atoms with Gasteiger partial charge in [-0.2, -0.15) is 9.97 Å². The summed E-state index contributed by atoms with van der Waals surface area (Å²) in [5, 5.41) is 12.2. The fourth-order valence-corrected chi connectivity index (χ4v) is 7.12. The van der Waals surface area contributed by atoms with E-state index in [1.807, 2.05) is 6.92 Å². The van der Waals surface area contributed by atoms with Crippen molar-refractivity contribution in [2.45, 2.75) is 78.2 Å². The zero-order valence-corrected chi connectivity index (χ0v) is 26.3. The van der Waals surface area contributed by atoms with E-state index in [2.05, 4.69) is 40.5 Å². The largest absolute Gasteiger partial charge is 0.508 e. The number of pyridine rings is 1. The zero-order valence-electron chi connectivity index (χ0n) is 26.3. The Balaban J connectivity index is 1.48. The SMILES string of the molecule is CCCCN1CCCC1(C)COc1nc(N2CCCC(C)C2)c2cnc(-c3cc(O)cc4ccc(F)c(CC)c34)c(F)c2n1. The van der Waals surface area contributed by atoms with Crippen LogP contribution in [0, 0.1) is 17.6 Å². The summed E-state index contributed by atoms with van der Waals surface area (Å²) in [6.45, 7) is 12.6. The molecule has 4 aromatic rings. The van der Waals surface area contributed by atoms with Crippen LogP contribution < -0.4 is 9.64 Å². The van der Waals surface area contributed by atoms with Crippen LogP contribution >= 0.6 is 0 Å². The molecule has 4 heterocycles. The number of anilines is 1. The van der Waals surface area contributed by atoms with E-state index in [1.165, 1.54) is 12.1 Å². The number of nitrogens with zero attached hydrogens (tertiary/aromatic N) is 5. The number of aromatic nitrogens is 3. The molecule has 2 atom stereocenters. The van der Waals surface area contributed by atoms with Crippen LogP contribution in [0.4, 0.5) is 14.6 Å². The summed E-state index contributed by atoms with van der Waals surface area (Å²) in [5.74, 6) is 0.0299. The number of unbranched alkanes of at least 4 members (excludes halogenated alkanes) is 1. The summed E-state index contributed by atoms with van der Waals surface area (Å²) in [4.78, 5) is 18.8. The van der Waals surface area contributed by atoms with Gasteiger partial charge in [-0.3, -0.25) is 9.88 Å². The van der Waals surface area contributed by atoms with Crippen LogP contribution in [0.15, 0.2) is 30.5 Å². The first-order valence-corrected chi connectivity index (χ1v) is 16.2. The molecule has 0 radical (unpaired) electrons. The van der Waals surface area contributed by atoms with Crippen LogP contribution in [0.3, 0.4) is 0 Å². The van der Waals surface area contributed by atoms with Crippen molar-refractivity contribution in [1.82, 2.24) is 19.9 Å². The zero-order chi connectivity index (χ0) is 31.0. The topological polar surface area (TPSA) is 74.6 Å². The third-order valence-corrected chi connectivity index (χ3v) is 9.56. The molecule has 6 rings (SSSR count). The van der Waals surface area contributed by atoms with Gasteiger partial charge >= 0.3 is 6.01 Å². The minimum Gasteiger partial charge on any atom is -0.508 e. The quantitative estimate of drug-likeness (QED) is 0.211. The molecule has 2 aliphatic rings. The Kier molecular flexibility index (Phi) is 8.59. The van der Waals surface area contributed by atoms with Gasteiger partial charge in [0, 0.05) is 24.8 Å². The van der Waals surface area contributed by atoms with Crippen molar-refractivity contribution < 1.29 is 18.6 Å².